The van der Waals surface area contributed by atoms with Crippen molar-refractivity contribution in [3.05, 3.63) is 76.9 Å². The maximum absolute atomic E-state index is 11.9. The Labute approximate surface area is 131 Å². The molecule has 0 atom stereocenters. The molecule has 0 N–H and O–H groups in total. The molecule has 0 heterocycles. The average molecular weight is 286 g/mol. The van der Waals surface area contributed by atoms with E-state index in [0.717, 1.165) is 29.6 Å². The summed E-state index contributed by atoms with van der Waals surface area (Å²) in [4.78, 5) is 11.9. The van der Waals surface area contributed by atoms with Gasteiger partial charge in [0, 0.05) is 24.0 Å². The van der Waals surface area contributed by atoms with Gasteiger partial charge in [0.25, 0.3) is 0 Å². The highest BCUT2D eigenvalue weighted by molar-refractivity contribution is 6.30. The molecule has 0 radical (unpaired) electrons. The fraction of sp³-hybridized carbons (Fsp3) is 0.190. The Kier molecular flexibility index (Phi) is 4.21. The largest absolute Gasteiger partial charge is 0.294 e. The summed E-state index contributed by atoms with van der Waals surface area (Å²) in [6.07, 6.45) is 2.26. The first-order chi connectivity index (χ1) is 10.7. The summed E-state index contributed by atoms with van der Waals surface area (Å²) in [7, 11) is 0. The maximum Gasteiger partial charge on any atom is 0.169 e. The van der Waals surface area contributed by atoms with Crippen LogP contribution >= 0.6 is 0 Å². The summed E-state index contributed by atoms with van der Waals surface area (Å²) in [5.41, 5.74) is 5.30. The first-order valence-electron chi connectivity index (χ1n) is 7.60. The molecule has 0 amide bonds. The average Bonchev–Trinajstić information content (AvgIpc) is 2.53. The smallest absolute Gasteiger partial charge is 0.169 e. The number of rotatable bonds is 3. The zero-order chi connectivity index (χ0) is 15.4. The van der Waals surface area contributed by atoms with Gasteiger partial charge in [-0.2, -0.15) is 0 Å². The lowest BCUT2D eigenvalue weighted by molar-refractivity contribution is -0.114. The Morgan fingerprint density at radius 3 is 2.41 bits per heavy atom. The second-order valence-corrected chi connectivity index (χ2v) is 5.61. The van der Waals surface area contributed by atoms with E-state index in [-0.39, 0.29) is 5.78 Å². The molecule has 3 rings (SSSR count). The number of hydrogen-bond donors (Lipinski definition) is 0. The van der Waals surface area contributed by atoms with E-state index in [1.807, 2.05) is 49.4 Å². The van der Waals surface area contributed by atoms with Gasteiger partial charge in [0.1, 0.15) is 0 Å². The Morgan fingerprint density at radius 1 is 1.00 bits per heavy atom. The van der Waals surface area contributed by atoms with Gasteiger partial charge in [-0.3, -0.25) is 4.79 Å². The third-order valence-corrected chi connectivity index (χ3v) is 3.88. The second kappa shape index (κ2) is 6.45. The lowest BCUT2D eigenvalue weighted by Gasteiger charge is -2.18. The minimum absolute atomic E-state index is 0.205. The molecule has 0 saturated carbocycles. The Balaban J connectivity index is 1.70. The molecule has 0 aliphatic heterocycles. The van der Waals surface area contributed by atoms with E-state index in [1.54, 1.807) is 0 Å². The number of carbonyl (C=O) groups is 1. The minimum Gasteiger partial charge on any atom is -0.294 e. The minimum atomic E-state index is 0.205. The Morgan fingerprint density at radius 2 is 1.73 bits per heavy atom. The zero-order valence-electron chi connectivity index (χ0n) is 12.7. The van der Waals surface area contributed by atoms with Crippen molar-refractivity contribution in [3.63, 3.8) is 0 Å². The van der Waals surface area contributed by atoms with Gasteiger partial charge in [-0.15, -0.1) is 0 Å². The quantitative estimate of drug-likeness (QED) is 0.766. The zero-order valence-corrected chi connectivity index (χ0v) is 12.7. The molecule has 108 valence electrons. The van der Waals surface area contributed by atoms with Gasteiger partial charge >= 0.3 is 0 Å². The van der Waals surface area contributed by atoms with Crippen molar-refractivity contribution in [2.24, 2.45) is 0 Å². The Bertz CT molecular complexity index is 768. The van der Waals surface area contributed by atoms with Crippen molar-refractivity contribution in [3.8, 4) is 11.8 Å². The van der Waals surface area contributed by atoms with Gasteiger partial charge in [-0.05, 0) is 24.5 Å². The van der Waals surface area contributed by atoms with Crippen LogP contribution in [-0.2, 0) is 11.2 Å². The van der Waals surface area contributed by atoms with Gasteiger partial charge in [0.05, 0.1) is 0 Å². The predicted molar refractivity (Wildman–Crippen MR) is 90.3 cm³/mol. The molecule has 22 heavy (non-hydrogen) atoms. The van der Waals surface area contributed by atoms with E-state index in [4.69, 9.17) is 0 Å². The molecule has 1 aliphatic rings. The van der Waals surface area contributed by atoms with Gasteiger partial charge in [-0.1, -0.05) is 72.0 Å². The molecule has 0 saturated heterocycles. The van der Waals surface area contributed by atoms with E-state index in [2.05, 4.69) is 24.0 Å². The highest BCUT2D eigenvalue weighted by Gasteiger charge is 2.26. The Hall–Kier alpha value is -2.59. The third-order valence-electron chi connectivity index (χ3n) is 3.88. The summed E-state index contributed by atoms with van der Waals surface area (Å²) in [5, 5.41) is 0. The standard InChI is InChI=1S/C21H18O/c1-16-11-13-18(14-12-16)21-19(15-20(21)22)10-6-5-9-17-7-3-2-4-8-17/h2-4,7-8,11-14H,5,9,15H2,1H3. The SMILES string of the molecule is Cc1ccc(C2=C(C#CCCc3ccccc3)CC2=O)cc1. The third kappa shape index (κ3) is 3.18. The van der Waals surface area contributed by atoms with E-state index < -0.39 is 0 Å². The van der Waals surface area contributed by atoms with Crippen LogP contribution < -0.4 is 0 Å². The van der Waals surface area contributed by atoms with Crippen LogP contribution in [0, 0.1) is 18.8 Å². The molecule has 1 nitrogen and oxygen atoms in total. The van der Waals surface area contributed by atoms with Crippen LogP contribution in [0.3, 0.4) is 0 Å². The molecule has 1 heteroatoms. The fourth-order valence-corrected chi connectivity index (χ4v) is 2.58. The summed E-state index contributed by atoms with van der Waals surface area (Å²) in [6, 6.07) is 18.4. The van der Waals surface area contributed by atoms with Crippen molar-refractivity contribution in [2.75, 3.05) is 0 Å². The number of allylic oxidation sites excluding steroid dienone is 2. The number of benzene rings is 2. The number of carbonyl (C=O) groups excluding carboxylic acids is 1. The number of hydrogen-bond acceptors (Lipinski definition) is 1. The van der Waals surface area contributed by atoms with Gasteiger partial charge in [-0.25, -0.2) is 0 Å². The maximum atomic E-state index is 11.9. The van der Waals surface area contributed by atoms with E-state index in [1.165, 1.54) is 11.1 Å². The molecule has 0 fully saturated rings. The van der Waals surface area contributed by atoms with Crippen LogP contribution in [0.2, 0.25) is 0 Å². The van der Waals surface area contributed by atoms with Crippen LogP contribution in [0.25, 0.3) is 5.57 Å². The molecule has 2 aromatic carbocycles. The highest BCUT2D eigenvalue weighted by atomic mass is 16.1. The topological polar surface area (TPSA) is 17.1 Å². The van der Waals surface area contributed by atoms with Crippen LogP contribution in [0.1, 0.15) is 29.5 Å². The van der Waals surface area contributed by atoms with Crippen LogP contribution in [0.15, 0.2) is 60.2 Å². The van der Waals surface area contributed by atoms with Crippen molar-refractivity contribution >= 4 is 11.4 Å². The van der Waals surface area contributed by atoms with Gasteiger partial charge < -0.3 is 0 Å². The summed E-state index contributed by atoms with van der Waals surface area (Å²) >= 11 is 0. The first kappa shape index (κ1) is 14.4. The van der Waals surface area contributed by atoms with Gasteiger partial charge in [0.2, 0.25) is 0 Å². The molecule has 0 spiro atoms. The van der Waals surface area contributed by atoms with Crippen LogP contribution in [0.4, 0.5) is 0 Å². The fourth-order valence-electron chi connectivity index (χ4n) is 2.58. The summed E-state index contributed by atoms with van der Waals surface area (Å²) < 4.78 is 0. The number of ketones is 1. The lowest BCUT2D eigenvalue weighted by atomic mass is 9.82. The first-order valence-corrected chi connectivity index (χ1v) is 7.60. The molecular formula is C21H18O. The van der Waals surface area contributed by atoms with E-state index >= 15 is 0 Å². The predicted octanol–water partition coefficient (Wildman–Crippen LogP) is 4.36. The van der Waals surface area contributed by atoms with Crippen molar-refractivity contribution in [2.45, 2.75) is 26.2 Å². The second-order valence-electron chi connectivity index (χ2n) is 5.61. The van der Waals surface area contributed by atoms with Crippen LogP contribution in [0.5, 0.6) is 0 Å². The molecule has 0 aromatic heterocycles. The van der Waals surface area contributed by atoms with Crippen molar-refractivity contribution in [1.82, 2.24) is 0 Å². The molecular weight excluding hydrogens is 268 g/mol. The lowest BCUT2D eigenvalue weighted by Crippen LogP contribution is -2.15. The molecule has 1 aliphatic carbocycles. The number of Topliss-reactive ketones (excluding diaryl/α,β-unsaturated/α-hetero) is 1. The normalized spacial score (nSPS) is 13.4. The summed E-state index contributed by atoms with van der Waals surface area (Å²) in [5.74, 6) is 6.60. The molecule has 2 aromatic rings. The summed E-state index contributed by atoms with van der Waals surface area (Å²) in [6.45, 7) is 2.05. The number of aryl methyl sites for hydroxylation is 2. The van der Waals surface area contributed by atoms with Gasteiger partial charge in [0.15, 0.2) is 5.78 Å². The highest BCUT2D eigenvalue weighted by Crippen LogP contribution is 2.32. The van der Waals surface area contributed by atoms with Crippen molar-refractivity contribution < 1.29 is 4.79 Å². The van der Waals surface area contributed by atoms with Crippen molar-refractivity contribution in [1.29, 1.82) is 0 Å². The van der Waals surface area contributed by atoms with E-state index in [9.17, 15) is 4.79 Å². The van der Waals surface area contributed by atoms with E-state index in [0.29, 0.717) is 6.42 Å². The molecule has 0 bridgehead atoms. The van der Waals surface area contributed by atoms with Crippen LogP contribution in [-0.4, -0.2) is 5.78 Å². The molecule has 0 unspecified atom stereocenters. The monoisotopic (exact) mass is 286 g/mol.